The van der Waals surface area contributed by atoms with Crippen molar-refractivity contribution in [2.75, 3.05) is 0 Å². The molecule has 0 aliphatic heterocycles. The molecular weight excluding hydrogens is 863 g/mol. The molecule has 0 aliphatic carbocycles. The van der Waals surface area contributed by atoms with Gasteiger partial charge in [-0.25, -0.2) is 0 Å². The third kappa shape index (κ3) is 5.87. The van der Waals surface area contributed by atoms with E-state index in [0.717, 1.165) is 22.6 Å². The predicted molar refractivity (Wildman–Crippen MR) is 299 cm³/mol. The second-order valence-electron chi connectivity index (χ2n) is 18.4. The Morgan fingerprint density at radius 3 is 1.24 bits per heavy atom. The molecule has 0 spiro atoms. The summed E-state index contributed by atoms with van der Waals surface area (Å²) in [5.74, 6) is 0. The van der Waals surface area contributed by atoms with Crippen LogP contribution in [-0.2, 0) is 0 Å². The van der Waals surface area contributed by atoms with E-state index in [9.17, 15) is 0 Å². The van der Waals surface area contributed by atoms with Crippen molar-refractivity contribution in [3.63, 3.8) is 0 Å². The zero-order valence-corrected chi connectivity index (χ0v) is 39.3. The molecule has 0 atom stereocenters. The number of fused-ring (bicyclic) bond motifs is 9. The summed E-state index contributed by atoms with van der Waals surface area (Å²) in [6.45, 7) is 0. The second-order valence-corrected chi connectivity index (χ2v) is 22.1. The summed E-state index contributed by atoms with van der Waals surface area (Å²) in [6.07, 6.45) is 0. The molecule has 3 heterocycles. The maximum Gasteiger partial charge on any atom is 0.181 e. The van der Waals surface area contributed by atoms with Crippen molar-refractivity contribution in [1.82, 2.24) is 13.7 Å². The SMILES string of the molecule is c1ccc(-c2ccccc2-n2c3ccccc3c3ccc(-n4c5c(-n6c7ccccc7c7ccccc76)cccc5c5cccc([Si](c6ccccc6)(c6ccccc6)c6ccccc6)c54)cc32)cc1. The molecule has 0 bridgehead atoms. The zero-order chi connectivity index (χ0) is 46.2. The maximum atomic E-state index is 2.64. The highest BCUT2D eigenvalue weighted by atomic mass is 28.3. The molecule has 0 aliphatic rings. The maximum absolute atomic E-state index is 3.08. The summed E-state index contributed by atoms with van der Waals surface area (Å²) in [5.41, 5.74) is 12.9. The van der Waals surface area contributed by atoms with Crippen LogP contribution in [0.15, 0.2) is 273 Å². The summed E-state index contributed by atoms with van der Waals surface area (Å²) < 4.78 is 7.64. The molecule has 0 radical (unpaired) electrons. The molecule has 14 rings (SSSR count). The van der Waals surface area contributed by atoms with E-state index >= 15 is 0 Å². The van der Waals surface area contributed by atoms with Crippen LogP contribution in [0, 0.1) is 0 Å². The van der Waals surface area contributed by atoms with Crippen LogP contribution in [0.4, 0.5) is 0 Å². The first-order chi connectivity index (χ1) is 34.8. The summed E-state index contributed by atoms with van der Waals surface area (Å²) >= 11 is 0. The Morgan fingerprint density at radius 1 is 0.257 bits per heavy atom. The molecule has 0 amide bonds. The van der Waals surface area contributed by atoms with E-state index in [0.29, 0.717) is 0 Å². The Hall–Kier alpha value is -8.96. The van der Waals surface area contributed by atoms with Gasteiger partial charge in [0.05, 0.1) is 44.5 Å². The van der Waals surface area contributed by atoms with Gasteiger partial charge in [0.1, 0.15) is 0 Å². The van der Waals surface area contributed by atoms with Gasteiger partial charge in [0.15, 0.2) is 8.07 Å². The molecule has 0 saturated heterocycles. The molecule has 70 heavy (non-hydrogen) atoms. The quantitative estimate of drug-likeness (QED) is 0.107. The number of hydrogen-bond donors (Lipinski definition) is 0. The van der Waals surface area contributed by atoms with Gasteiger partial charge in [-0.2, -0.15) is 0 Å². The van der Waals surface area contributed by atoms with Gasteiger partial charge in [-0.15, -0.1) is 0 Å². The van der Waals surface area contributed by atoms with E-state index in [4.69, 9.17) is 0 Å². The molecule has 3 nitrogen and oxygen atoms in total. The smallest absolute Gasteiger partial charge is 0.181 e. The van der Waals surface area contributed by atoms with E-state index in [1.807, 2.05) is 0 Å². The second kappa shape index (κ2) is 16.1. The average Bonchev–Trinajstić information content (AvgIpc) is 4.08. The average molecular weight is 908 g/mol. The molecule has 0 saturated carbocycles. The number of nitrogens with zero attached hydrogens (tertiary/aromatic N) is 3. The van der Waals surface area contributed by atoms with Crippen molar-refractivity contribution in [1.29, 1.82) is 0 Å². The molecule has 14 aromatic rings. The lowest BCUT2D eigenvalue weighted by atomic mass is 10.0. The highest BCUT2D eigenvalue weighted by Crippen LogP contribution is 2.42. The molecule has 3 aromatic heterocycles. The molecule has 328 valence electrons. The number of benzene rings is 11. The zero-order valence-electron chi connectivity index (χ0n) is 38.3. The fourth-order valence-electron chi connectivity index (χ4n) is 11.9. The lowest BCUT2D eigenvalue weighted by molar-refractivity contribution is 1.13. The fourth-order valence-corrected chi connectivity index (χ4v) is 16.9. The summed E-state index contributed by atoms with van der Waals surface area (Å²) in [7, 11) is -3.08. The van der Waals surface area contributed by atoms with Crippen molar-refractivity contribution in [3.05, 3.63) is 273 Å². The highest BCUT2D eigenvalue weighted by molar-refractivity contribution is 7.20. The van der Waals surface area contributed by atoms with Gasteiger partial charge in [-0.05, 0) is 68.8 Å². The molecule has 0 N–H and O–H groups in total. The topological polar surface area (TPSA) is 14.8 Å². The fraction of sp³-hybridized carbons (Fsp3) is 0. The van der Waals surface area contributed by atoms with E-state index in [-0.39, 0.29) is 0 Å². The first-order valence-corrected chi connectivity index (χ1v) is 26.2. The third-order valence-corrected chi connectivity index (χ3v) is 19.6. The Labute approximate surface area is 407 Å². The van der Waals surface area contributed by atoms with E-state index in [2.05, 4.69) is 287 Å². The van der Waals surface area contributed by atoms with Gasteiger partial charge in [0.2, 0.25) is 0 Å². The summed E-state index contributed by atoms with van der Waals surface area (Å²) in [5, 5.41) is 12.7. The minimum Gasteiger partial charge on any atom is -0.309 e. The van der Waals surface area contributed by atoms with Crippen molar-refractivity contribution in [2.45, 2.75) is 0 Å². The largest absolute Gasteiger partial charge is 0.309 e. The van der Waals surface area contributed by atoms with Gasteiger partial charge in [-0.1, -0.05) is 231 Å². The Bertz CT molecular complexity index is 4130. The molecule has 11 aromatic carbocycles. The number of para-hydroxylation sites is 6. The predicted octanol–water partition coefficient (Wildman–Crippen LogP) is 14.0. The normalized spacial score (nSPS) is 12.0. The molecule has 4 heteroatoms. The lowest BCUT2D eigenvalue weighted by Gasteiger charge is -2.35. The van der Waals surface area contributed by atoms with Crippen molar-refractivity contribution in [2.24, 2.45) is 0 Å². The number of aromatic nitrogens is 3. The van der Waals surface area contributed by atoms with Crippen LogP contribution in [0.2, 0.25) is 0 Å². The van der Waals surface area contributed by atoms with Gasteiger partial charge in [-0.3, -0.25) is 0 Å². The first-order valence-electron chi connectivity index (χ1n) is 24.2. The minimum absolute atomic E-state index is 1.10. The molecule has 0 fully saturated rings. The van der Waals surface area contributed by atoms with E-state index in [1.165, 1.54) is 91.8 Å². The van der Waals surface area contributed by atoms with Crippen LogP contribution in [0.25, 0.3) is 93.6 Å². The van der Waals surface area contributed by atoms with Crippen LogP contribution in [0.5, 0.6) is 0 Å². The number of rotatable bonds is 8. The van der Waals surface area contributed by atoms with Crippen LogP contribution >= 0.6 is 0 Å². The monoisotopic (exact) mass is 907 g/mol. The van der Waals surface area contributed by atoms with Crippen LogP contribution in [-0.4, -0.2) is 21.8 Å². The van der Waals surface area contributed by atoms with Crippen molar-refractivity contribution in [3.8, 4) is 28.2 Å². The van der Waals surface area contributed by atoms with Crippen LogP contribution in [0.3, 0.4) is 0 Å². The van der Waals surface area contributed by atoms with E-state index < -0.39 is 8.07 Å². The summed E-state index contributed by atoms with van der Waals surface area (Å²) in [4.78, 5) is 0. The molecular formula is C66H45N3Si. The lowest BCUT2D eigenvalue weighted by Crippen LogP contribution is -2.75. The highest BCUT2D eigenvalue weighted by Gasteiger charge is 2.43. The van der Waals surface area contributed by atoms with Crippen LogP contribution < -0.4 is 20.7 Å². The van der Waals surface area contributed by atoms with Gasteiger partial charge in [0, 0.05) is 43.6 Å². The van der Waals surface area contributed by atoms with Crippen molar-refractivity contribution < 1.29 is 0 Å². The Morgan fingerprint density at radius 2 is 0.671 bits per heavy atom. The van der Waals surface area contributed by atoms with Gasteiger partial charge < -0.3 is 13.7 Å². The Balaban J connectivity index is 1.18. The number of hydrogen-bond acceptors (Lipinski definition) is 0. The first kappa shape index (κ1) is 40.1. The summed E-state index contributed by atoms with van der Waals surface area (Å²) in [6, 6.07) is 102. The van der Waals surface area contributed by atoms with Crippen molar-refractivity contribution >= 4 is 94.2 Å². The van der Waals surface area contributed by atoms with E-state index in [1.54, 1.807) is 0 Å². The standard InChI is InChI=1S/C66H45N3Si/c1-5-23-46(24-6-1)51-31-13-17-37-58(51)69-61-40-20-16-34-54(61)55-44-43-47(45-63(55)69)67-65-56(35-21-41-62(65)68-59-38-18-14-32-52(59)53-33-15-19-39-60(53)68)57-36-22-42-64(66(57)67)70(48-25-7-2-8-26-48,49-27-9-3-10-28-49)50-29-11-4-12-30-50/h1-45H. The van der Waals surface area contributed by atoms with Crippen LogP contribution in [0.1, 0.15) is 0 Å². The molecule has 0 unspecified atom stereocenters. The Kier molecular flexibility index (Phi) is 9.23. The van der Waals surface area contributed by atoms with Gasteiger partial charge >= 0.3 is 0 Å². The minimum atomic E-state index is -3.08. The third-order valence-electron chi connectivity index (χ3n) is 14.8. The van der Waals surface area contributed by atoms with Gasteiger partial charge in [0.25, 0.3) is 0 Å².